The molecule has 1 atom stereocenters. The minimum absolute atomic E-state index is 0.309. The highest BCUT2D eigenvalue weighted by molar-refractivity contribution is 6.30. The Morgan fingerprint density at radius 1 is 1.08 bits per heavy atom. The van der Waals surface area contributed by atoms with E-state index in [4.69, 9.17) is 21.1 Å². The van der Waals surface area contributed by atoms with Gasteiger partial charge in [0, 0.05) is 5.02 Å². The molecule has 2 rings (SSSR count). The van der Waals surface area contributed by atoms with E-state index in [1.165, 1.54) is 7.11 Å². The fraction of sp³-hybridized carbons (Fsp3) is 0.176. The number of hydrogen-bond acceptors (Lipinski definition) is 4. The van der Waals surface area contributed by atoms with Gasteiger partial charge in [0.25, 0.3) is 11.8 Å². The minimum Gasteiger partial charge on any atom is -0.496 e. The lowest BCUT2D eigenvalue weighted by molar-refractivity contribution is -0.128. The van der Waals surface area contributed by atoms with Gasteiger partial charge in [-0.1, -0.05) is 29.8 Å². The highest BCUT2D eigenvalue weighted by Crippen LogP contribution is 2.18. The first kappa shape index (κ1) is 17.6. The summed E-state index contributed by atoms with van der Waals surface area (Å²) in [5.74, 6) is -0.123. The van der Waals surface area contributed by atoms with Crippen LogP contribution in [0.2, 0.25) is 5.02 Å². The third kappa shape index (κ3) is 4.63. The topological polar surface area (TPSA) is 76.7 Å². The van der Waals surface area contributed by atoms with E-state index in [0.29, 0.717) is 22.1 Å². The summed E-state index contributed by atoms with van der Waals surface area (Å²) in [7, 11) is 1.46. The number of methoxy groups -OCH3 is 1. The Morgan fingerprint density at radius 3 is 2.54 bits per heavy atom. The molecule has 2 amide bonds. The van der Waals surface area contributed by atoms with Gasteiger partial charge in [0.1, 0.15) is 11.5 Å². The fourth-order valence-corrected chi connectivity index (χ4v) is 2.10. The molecule has 2 aromatic carbocycles. The first-order valence-corrected chi connectivity index (χ1v) is 7.54. The molecule has 24 heavy (non-hydrogen) atoms. The average molecular weight is 349 g/mol. The minimum atomic E-state index is -0.818. The average Bonchev–Trinajstić information content (AvgIpc) is 2.59. The summed E-state index contributed by atoms with van der Waals surface area (Å²) in [6, 6.07) is 13.4. The molecule has 126 valence electrons. The van der Waals surface area contributed by atoms with Crippen LogP contribution in [0.4, 0.5) is 0 Å². The molecule has 0 fully saturated rings. The van der Waals surface area contributed by atoms with Crippen LogP contribution >= 0.6 is 11.6 Å². The number of halogens is 1. The van der Waals surface area contributed by atoms with Crippen molar-refractivity contribution in [3.63, 3.8) is 0 Å². The number of carbonyl (C=O) groups is 2. The molecular weight excluding hydrogens is 332 g/mol. The number of ether oxygens (including phenoxy) is 2. The lowest BCUT2D eigenvalue weighted by atomic mass is 10.2. The lowest BCUT2D eigenvalue weighted by Crippen LogP contribution is -2.47. The van der Waals surface area contributed by atoms with Crippen molar-refractivity contribution in [2.45, 2.75) is 13.0 Å². The Labute approximate surface area is 144 Å². The Balaban J connectivity index is 1.91. The lowest BCUT2D eigenvalue weighted by Gasteiger charge is -2.15. The predicted octanol–water partition coefficient (Wildman–Crippen LogP) is 2.58. The molecule has 0 heterocycles. The number of hydrogen-bond donors (Lipinski definition) is 2. The van der Waals surface area contributed by atoms with Crippen LogP contribution in [0, 0.1) is 0 Å². The van der Waals surface area contributed by atoms with Gasteiger partial charge in [0.2, 0.25) is 0 Å². The summed E-state index contributed by atoms with van der Waals surface area (Å²) in [6.45, 7) is 1.56. The summed E-state index contributed by atoms with van der Waals surface area (Å²) in [5, 5.41) is 0.504. The van der Waals surface area contributed by atoms with E-state index in [9.17, 15) is 9.59 Å². The summed E-state index contributed by atoms with van der Waals surface area (Å²) < 4.78 is 10.6. The Bertz CT molecular complexity index is 736. The summed E-state index contributed by atoms with van der Waals surface area (Å²) >= 11 is 5.86. The standard InChI is InChI=1S/C17H17ClN2O4/c1-11(24-13-7-5-6-12(18)10-13)16(21)19-20-17(22)14-8-3-4-9-15(14)23-2/h3-11H,1-2H3,(H,19,21)(H,20,22). The van der Waals surface area contributed by atoms with E-state index < -0.39 is 17.9 Å². The zero-order valence-electron chi connectivity index (χ0n) is 13.2. The van der Waals surface area contributed by atoms with Crippen molar-refractivity contribution in [2.24, 2.45) is 0 Å². The van der Waals surface area contributed by atoms with E-state index in [1.54, 1.807) is 55.5 Å². The molecule has 0 aliphatic carbocycles. The molecule has 0 spiro atoms. The zero-order valence-corrected chi connectivity index (χ0v) is 14.0. The van der Waals surface area contributed by atoms with Crippen LogP contribution in [0.1, 0.15) is 17.3 Å². The molecule has 0 bridgehead atoms. The van der Waals surface area contributed by atoms with E-state index in [0.717, 1.165) is 0 Å². The van der Waals surface area contributed by atoms with Gasteiger partial charge in [0.15, 0.2) is 6.10 Å². The van der Waals surface area contributed by atoms with Gasteiger partial charge >= 0.3 is 0 Å². The molecule has 1 unspecified atom stereocenters. The summed E-state index contributed by atoms with van der Waals surface area (Å²) in [4.78, 5) is 24.1. The molecular formula is C17H17ClN2O4. The smallest absolute Gasteiger partial charge is 0.279 e. The van der Waals surface area contributed by atoms with Gasteiger partial charge in [-0.2, -0.15) is 0 Å². The Kier molecular flexibility index (Phi) is 6.03. The van der Waals surface area contributed by atoms with Crippen molar-refractivity contribution < 1.29 is 19.1 Å². The van der Waals surface area contributed by atoms with E-state index >= 15 is 0 Å². The highest BCUT2D eigenvalue weighted by Gasteiger charge is 2.17. The maximum atomic E-state index is 12.1. The van der Waals surface area contributed by atoms with Crippen molar-refractivity contribution >= 4 is 23.4 Å². The Hall–Kier alpha value is -2.73. The zero-order chi connectivity index (χ0) is 17.5. The van der Waals surface area contributed by atoms with Crippen LogP contribution in [0.25, 0.3) is 0 Å². The molecule has 0 saturated carbocycles. The number of amides is 2. The van der Waals surface area contributed by atoms with Crippen molar-refractivity contribution in [2.75, 3.05) is 7.11 Å². The largest absolute Gasteiger partial charge is 0.496 e. The van der Waals surface area contributed by atoms with Gasteiger partial charge in [-0.25, -0.2) is 0 Å². The van der Waals surface area contributed by atoms with Gasteiger partial charge in [0.05, 0.1) is 12.7 Å². The molecule has 0 aliphatic heterocycles. The van der Waals surface area contributed by atoms with Gasteiger partial charge in [-0.15, -0.1) is 0 Å². The van der Waals surface area contributed by atoms with Crippen molar-refractivity contribution in [3.05, 3.63) is 59.1 Å². The highest BCUT2D eigenvalue weighted by atomic mass is 35.5. The molecule has 0 aliphatic rings. The second-order valence-electron chi connectivity index (χ2n) is 4.86. The van der Waals surface area contributed by atoms with Gasteiger partial charge in [-0.3, -0.25) is 20.4 Å². The number of hydrazine groups is 1. The monoisotopic (exact) mass is 348 g/mol. The number of benzene rings is 2. The predicted molar refractivity (Wildman–Crippen MR) is 90.1 cm³/mol. The molecule has 2 aromatic rings. The molecule has 6 nitrogen and oxygen atoms in total. The van der Waals surface area contributed by atoms with Gasteiger partial charge in [-0.05, 0) is 37.3 Å². The van der Waals surface area contributed by atoms with Crippen LogP contribution in [0.5, 0.6) is 11.5 Å². The second-order valence-corrected chi connectivity index (χ2v) is 5.30. The summed E-state index contributed by atoms with van der Waals surface area (Å²) in [6.07, 6.45) is -0.818. The number of carbonyl (C=O) groups excluding carboxylic acids is 2. The van der Waals surface area contributed by atoms with Crippen molar-refractivity contribution in [1.82, 2.24) is 10.9 Å². The molecule has 7 heteroatoms. The number of rotatable bonds is 5. The first-order valence-electron chi connectivity index (χ1n) is 7.16. The van der Waals surface area contributed by atoms with Crippen LogP contribution in [0.3, 0.4) is 0 Å². The third-order valence-electron chi connectivity index (χ3n) is 3.13. The van der Waals surface area contributed by atoms with Gasteiger partial charge < -0.3 is 9.47 Å². The van der Waals surface area contributed by atoms with Crippen molar-refractivity contribution in [3.8, 4) is 11.5 Å². The van der Waals surface area contributed by atoms with E-state index in [1.807, 2.05) is 0 Å². The maximum Gasteiger partial charge on any atom is 0.279 e. The van der Waals surface area contributed by atoms with E-state index in [2.05, 4.69) is 10.9 Å². The molecule has 0 saturated heterocycles. The molecule has 2 N–H and O–H groups in total. The molecule has 0 radical (unpaired) electrons. The van der Waals surface area contributed by atoms with Crippen LogP contribution < -0.4 is 20.3 Å². The number of para-hydroxylation sites is 1. The normalized spacial score (nSPS) is 11.3. The first-order chi connectivity index (χ1) is 11.5. The SMILES string of the molecule is COc1ccccc1C(=O)NNC(=O)C(C)Oc1cccc(Cl)c1. The van der Waals surface area contributed by atoms with Crippen LogP contribution in [-0.2, 0) is 4.79 Å². The van der Waals surface area contributed by atoms with Crippen LogP contribution in [-0.4, -0.2) is 25.0 Å². The van der Waals surface area contributed by atoms with Crippen molar-refractivity contribution in [1.29, 1.82) is 0 Å². The second kappa shape index (κ2) is 8.21. The number of nitrogens with one attached hydrogen (secondary N) is 2. The summed E-state index contributed by atoms with van der Waals surface area (Å²) in [5.41, 5.74) is 4.95. The van der Waals surface area contributed by atoms with Crippen LogP contribution in [0.15, 0.2) is 48.5 Å². The molecule has 0 aromatic heterocycles. The van der Waals surface area contributed by atoms with E-state index in [-0.39, 0.29) is 0 Å². The quantitative estimate of drug-likeness (QED) is 0.814. The Morgan fingerprint density at radius 2 is 1.83 bits per heavy atom. The third-order valence-corrected chi connectivity index (χ3v) is 3.36. The fourth-order valence-electron chi connectivity index (χ4n) is 1.92. The maximum absolute atomic E-state index is 12.1.